The summed E-state index contributed by atoms with van der Waals surface area (Å²) in [4.78, 5) is 33.7. The molecule has 0 atom stereocenters. The van der Waals surface area contributed by atoms with Gasteiger partial charge < -0.3 is 9.80 Å². The molecule has 2 amide bonds. The minimum atomic E-state index is -0.0290. The van der Waals surface area contributed by atoms with Crippen molar-refractivity contribution in [2.24, 2.45) is 0 Å². The number of hydrogen-bond donors (Lipinski definition) is 0. The molecule has 10 heteroatoms. The third kappa shape index (κ3) is 6.51. The normalized spacial score (nSPS) is 15.8. The summed E-state index contributed by atoms with van der Waals surface area (Å²) in [5, 5.41) is 0. The molecule has 0 N–H and O–H groups in total. The summed E-state index contributed by atoms with van der Waals surface area (Å²) in [7, 11) is 0. The van der Waals surface area contributed by atoms with Crippen molar-refractivity contribution in [3.63, 3.8) is 0 Å². The van der Waals surface area contributed by atoms with Crippen molar-refractivity contribution >= 4 is 123 Å². The molecule has 0 saturated heterocycles. The summed E-state index contributed by atoms with van der Waals surface area (Å²) in [6.07, 6.45) is 8.80. The Bertz CT molecular complexity index is 1080. The molecule has 0 radical (unpaired) electrons. The van der Waals surface area contributed by atoms with Crippen LogP contribution in [-0.4, -0.2) is 43.6 Å². The second-order valence-electron chi connectivity index (χ2n) is 8.77. The van der Waals surface area contributed by atoms with Gasteiger partial charge in [0.2, 0.25) is 0 Å². The van der Waals surface area contributed by atoms with Crippen LogP contribution in [0.15, 0.2) is 43.0 Å². The van der Waals surface area contributed by atoms with Gasteiger partial charge in [-0.05, 0) is 90.7 Å². The van der Waals surface area contributed by atoms with Crippen LogP contribution in [0.2, 0.25) is 0 Å². The van der Waals surface area contributed by atoms with E-state index in [1.165, 1.54) is 25.7 Å². The molecular weight excluding hydrogens is 850 g/mol. The highest BCUT2D eigenvalue weighted by molar-refractivity contribution is 14.1. The smallest absolute Gasteiger partial charge is 0.261 e. The van der Waals surface area contributed by atoms with Crippen molar-refractivity contribution in [2.45, 2.75) is 51.4 Å². The Morgan fingerprint density at radius 3 is 1.33 bits per heavy atom. The predicted molar refractivity (Wildman–Crippen MR) is 176 cm³/mol. The zero-order valence-electron chi connectivity index (χ0n) is 19.8. The van der Waals surface area contributed by atoms with E-state index in [0.717, 1.165) is 63.3 Å². The standard InChI is InChI=1S/C26H28Br2I2N2O2S2/c27-19-11-9-17(35-19)23-21-22(25(33)31(23)15-7-3-1-5-13-29)24(18-10-12-20(28)36-18)32(26(21)34)16-8-4-2-6-14-30/h9-12H,1-8,13-16H2. The first-order valence-corrected chi connectivity index (χ1v) is 18.5. The van der Waals surface area contributed by atoms with Gasteiger partial charge in [-0.15, -0.1) is 22.7 Å². The highest BCUT2D eigenvalue weighted by Crippen LogP contribution is 2.49. The summed E-state index contributed by atoms with van der Waals surface area (Å²) in [6, 6.07) is 8.05. The second-order valence-corrected chi connectivity index (χ2v) is 15.9. The first-order valence-electron chi connectivity index (χ1n) is 12.2. The van der Waals surface area contributed by atoms with Crippen molar-refractivity contribution in [3.05, 3.63) is 52.7 Å². The van der Waals surface area contributed by atoms with Crippen molar-refractivity contribution in [1.29, 1.82) is 0 Å². The van der Waals surface area contributed by atoms with Crippen LogP contribution in [0.5, 0.6) is 0 Å². The van der Waals surface area contributed by atoms with E-state index < -0.39 is 0 Å². The minimum Gasteiger partial charge on any atom is -0.306 e. The van der Waals surface area contributed by atoms with Crippen LogP contribution in [0, 0.1) is 0 Å². The molecule has 4 rings (SSSR count). The molecule has 36 heavy (non-hydrogen) atoms. The second kappa shape index (κ2) is 14.0. The first kappa shape index (κ1) is 29.2. The number of rotatable bonds is 14. The molecule has 0 fully saturated rings. The van der Waals surface area contributed by atoms with Crippen LogP contribution in [0.1, 0.15) is 61.1 Å². The van der Waals surface area contributed by atoms with Gasteiger partial charge in [0.15, 0.2) is 0 Å². The maximum absolute atomic E-state index is 14.0. The Kier molecular flexibility index (Phi) is 11.4. The van der Waals surface area contributed by atoms with E-state index in [2.05, 4.69) is 77.0 Å². The van der Waals surface area contributed by atoms with Crippen LogP contribution in [0.25, 0.3) is 11.4 Å². The molecule has 0 aliphatic carbocycles. The lowest BCUT2D eigenvalue weighted by atomic mass is 10.1. The molecule has 2 aliphatic heterocycles. The van der Waals surface area contributed by atoms with Gasteiger partial charge in [-0.3, -0.25) is 9.59 Å². The van der Waals surface area contributed by atoms with Crippen molar-refractivity contribution in [2.75, 3.05) is 21.9 Å². The average molecular weight is 878 g/mol. The Morgan fingerprint density at radius 2 is 1.00 bits per heavy atom. The number of alkyl halides is 2. The van der Waals surface area contributed by atoms with Gasteiger partial charge in [-0.25, -0.2) is 0 Å². The zero-order valence-corrected chi connectivity index (χ0v) is 29.0. The lowest BCUT2D eigenvalue weighted by Crippen LogP contribution is -2.30. The summed E-state index contributed by atoms with van der Waals surface area (Å²) in [6.45, 7) is 1.28. The summed E-state index contributed by atoms with van der Waals surface area (Å²) < 4.78 is 4.32. The number of halogens is 4. The van der Waals surface area contributed by atoms with Gasteiger partial charge in [-0.1, -0.05) is 70.9 Å². The number of carbonyl (C=O) groups excluding carboxylic acids is 2. The quantitative estimate of drug-likeness (QED) is 0.108. The lowest BCUT2D eigenvalue weighted by Gasteiger charge is -2.24. The largest absolute Gasteiger partial charge is 0.306 e. The number of hydrogen-bond acceptors (Lipinski definition) is 4. The molecule has 2 aromatic heterocycles. The molecule has 0 spiro atoms. The molecule has 0 saturated carbocycles. The summed E-state index contributed by atoms with van der Waals surface area (Å²) in [5.74, 6) is -0.0580. The lowest BCUT2D eigenvalue weighted by molar-refractivity contribution is -0.124. The number of carbonyl (C=O) groups is 2. The third-order valence-electron chi connectivity index (χ3n) is 6.33. The van der Waals surface area contributed by atoms with Gasteiger partial charge >= 0.3 is 0 Å². The molecule has 0 unspecified atom stereocenters. The predicted octanol–water partition coefficient (Wildman–Crippen LogP) is 9.13. The highest BCUT2D eigenvalue weighted by atomic mass is 127. The average Bonchev–Trinajstić information content (AvgIpc) is 3.60. The Balaban J connectivity index is 1.73. The molecule has 0 aromatic carbocycles. The van der Waals surface area contributed by atoms with Gasteiger partial charge in [0, 0.05) is 13.1 Å². The zero-order chi connectivity index (χ0) is 25.7. The number of unbranched alkanes of at least 4 members (excludes halogenated alkanes) is 6. The van der Waals surface area contributed by atoms with Gasteiger partial charge in [-0.2, -0.15) is 0 Å². The molecular formula is C26H28Br2I2N2O2S2. The molecule has 2 aliphatic rings. The van der Waals surface area contributed by atoms with Crippen LogP contribution < -0.4 is 0 Å². The number of nitrogens with zero attached hydrogens (tertiary/aromatic N) is 2. The topological polar surface area (TPSA) is 40.6 Å². The van der Waals surface area contributed by atoms with E-state index >= 15 is 0 Å². The van der Waals surface area contributed by atoms with Crippen LogP contribution in [-0.2, 0) is 9.59 Å². The SMILES string of the molecule is O=C1C2=C(c3ccc(Br)s3)N(CCCCCCI)C(=O)C2=C(c2ccc(Br)s2)N1CCCCCCI. The number of amides is 2. The third-order valence-corrected chi connectivity index (χ3v) is 11.1. The molecule has 194 valence electrons. The van der Waals surface area contributed by atoms with E-state index in [4.69, 9.17) is 0 Å². The van der Waals surface area contributed by atoms with Gasteiger partial charge in [0.05, 0.1) is 39.9 Å². The fourth-order valence-corrected chi connectivity index (χ4v) is 8.63. The summed E-state index contributed by atoms with van der Waals surface area (Å²) >= 11 is 15.2. The molecule has 0 bridgehead atoms. The van der Waals surface area contributed by atoms with Gasteiger partial charge in [0.1, 0.15) is 0 Å². The summed E-state index contributed by atoms with van der Waals surface area (Å²) in [5.41, 5.74) is 2.78. The molecule has 2 aromatic rings. The van der Waals surface area contributed by atoms with Crippen molar-refractivity contribution in [1.82, 2.24) is 9.80 Å². The maximum atomic E-state index is 14.0. The van der Waals surface area contributed by atoms with E-state index in [9.17, 15) is 9.59 Å². The molecule has 4 nitrogen and oxygen atoms in total. The monoisotopic (exact) mass is 876 g/mol. The van der Waals surface area contributed by atoms with Crippen molar-refractivity contribution in [3.8, 4) is 0 Å². The first-order chi connectivity index (χ1) is 17.5. The fourth-order valence-electron chi connectivity index (χ4n) is 4.65. The van der Waals surface area contributed by atoms with Crippen molar-refractivity contribution < 1.29 is 9.59 Å². The number of thiophene rings is 2. The van der Waals surface area contributed by atoms with E-state index in [0.29, 0.717) is 24.2 Å². The van der Waals surface area contributed by atoms with E-state index in [1.54, 1.807) is 22.7 Å². The van der Waals surface area contributed by atoms with E-state index in [-0.39, 0.29) is 11.8 Å². The Morgan fingerprint density at radius 1 is 0.611 bits per heavy atom. The van der Waals surface area contributed by atoms with Crippen LogP contribution in [0.3, 0.4) is 0 Å². The van der Waals surface area contributed by atoms with Gasteiger partial charge in [0.25, 0.3) is 11.8 Å². The van der Waals surface area contributed by atoms with Crippen LogP contribution >= 0.6 is 99.7 Å². The fraction of sp³-hybridized carbons (Fsp3) is 0.462. The minimum absolute atomic E-state index is 0.0290. The number of fused-ring (bicyclic) bond motifs is 1. The Hall–Kier alpha value is 0.240. The van der Waals surface area contributed by atoms with Crippen LogP contribution in [0.4, 0.5) is 0 Å². The highest BCUT2D eigenvalue weighted by Gasteiger charge is 2.49. The Labute approximate surface area is 265 Å². The van der Waals surface area contributed by atoms with E-state index in [1.807, 2.05) is 34.1 Å². The molecule has 4 heterocycles. The maximum Gasteiger partial charge on any atom is 0.261 e.